The molecule has 0 bridgehead atoms. The van der Waals surface area contributed by atoms with Crippen LogP contribution in [-0.4, -0.2) is 6.21 Å². The summed E-state index contributed by atoms with van der Waals surface area (Å²) in [7, 11) is 0. The number of anilines is 1. The van der Waals surface area contributed by atoms with Crippen molar-refractivity contribution in [1.29, 1.82) is 0 Å². The van der Waals surface area contributed by atoms with Crippen molar-refractivity contribution in [3.8, 4) is 0 Å². The van der Waals surface area contributed by atoms with Crippen molar-refractivity contribution in [2.75, 3.05) is 5.43 Å². The van der Waals surface area contributed by atoms with Crippen molar-refractivity contribution < 1.29 is 0 Å². The lowest BCUT2D eigenvalue weighted by Crippen LogP contribution is -1.91. The van der Waals surface area contributed by atoms with Gasteiger partial charge in [0.05, 0.1) is 21.9 Å². The molecule has 0 amide bonds. The van der Waals surface area contributed by atoms with Gasteiger partial charge >= 0.3 is 0 Å². The Labute approximate surface area is 116 Å². The van der Waals surface area contributed by atoms with Crippen molar-refractivity contribution >= 4 is 35.1 Å². The quantitative estimate of drug-likeness (QED) is 0.636. The molecule has 0 spiro atoms. The monoisotopic (exact) mass is 278 g/mol. The topological polar surface area (TPSA) is 24.4 Å². The highest BCUT2D eigenvalue weighted by atomic mass is 35.5. The van der Waals surface area contributed by atoms with Crippen LogP contribution in [0, 0.1) is 6.92 Å². The van der Waals surface area contributed by atoms with Crippen LogP contribution in [0.4, 0.5) is 5.69 Å². The van der Waals surface area contributed by atoms with E-state index in [1.807, 2.05) is 43.3 Å². The summed E-state index contributed by atoms with van der Waals surface area (Å²) in [5.41, 5.74) is 5.84. The SMILES string of the molecule is Cc1cccc(N/N=C\c2cccc(Cl)c2Cl)c1. The van der Waals surface area contributed by atoms with Crippen LogP contribution in [0.25, 0.3) is 0 Å². The Balaban J connectivity index is 2.10. The van der Waals surface area contributed by atoms with Gasteiger partial charge in [-0.3, -0.25) is 5.43 Å². The molecule has 0 aliphatic heterocycles. The second-order valence-electron chi connectivity index (χ2n) is 3.88. The highest BCUT2D eigenvalue weighted by molar-refractivity contribution is 6.43. The molecule has 0 heterocycles. The molecule has 0 fully saturated rings. The zero-order chi connectivity index (χ0) is 13.0. The number of nitrogens with one attached hydrogen (secondary N) is 1. The largest absolute Gasteiger partial charge is 0.278 e. The zero-order valence-electron chi connectivity index (χ0n) is 9.82. The Hall–Kier alpha value is -1.51. The molecular formula is C14H12Cl2N2. The lowest BCUT2D eigenvalue weighted by atomic mass is 10.2. The molecule has 1 N–H and O–H groups in total. The first kappa shape index (κ1) is 12.9. The van der Waals surface area contributed by atoms with E-state index in [0.29, 0.717) is 10.0 Å². The van der Waals surface area contributed by atoms with Crippen LogP contribution in [0.3, 0.4) is 0 Å². The normalized spacial score (nSPS) is 10.8. The number of nitrogens with zero attached hydrogens (tertiary/aromatic N) is 1. The van der Waals surface area contributed by atoms with E-state index in [1.54, 1.807) is 12.3 Å². The number of hydrogen-bond donors (Lipinski definition) is 1. The molecule has 0 saturated heterocycles. The maximum Gasteiger partial charge on any atom is 0.0680 e. The van der Waals surface area contributed by atoms with Gasteiger partial charge in [0, 0.05) is 5.56 Å². The summed E-state index contributed by atoms with van der Waals surface area (Å²) in [6.45, 7) is 2.03. The molecule has 18 heavy (non-hydrogen) atoms. The fourth-order valence-electron chi connectivity index (χ4n) is 1.51. The zero-order valence-corrected chi connectivity index (χ0v) is 11.3. The van der Waals surface area contributed by atoms with E-state index in [4.69, 9.17) is 23.2 Å². The molecule has 4 heteroatoms. The summed E-state index contributed by atoms with van der Waals surface area (Å²) in [6, 6.07) is 13.4. The predicted molar refractivity (Wildman–Crippen MR) is 78.9 cm³/mol. The van der Waals surface area contributed by atoms with Crippen molar-refractivity contribution in [3.05, 3.63) is 63.6 Å². The summed E-state index contributed by atoms with van der Waals surface area (Å²) in [6.07, 6.45) is 1.65. The summed E-state index contributed by atoms with van der Waals surface area (Å²) in [5.74, 6) is 0. The second kappa shape index (κ2) is 5.89. The first-order chi connectivity index (χ1) is 8.66. The fourth-order valence-corrected chi connectivity index (χ4v) is 1.87. The van der Waals surface area contributed by atoms with Crippen molar-refractivity contribution in [2.24, 2.45) is 5.10 Å². The lowest BCUT2D eigenvalue weighted by molar-refractivity contribution is 1.33. The van der Waals surface area contributed by atoms with E-state index < -0.39 is 0 Å². The third-order valence-corrected chi connectivity index (χ3v) is 3.23. The van der Waals surface area contributed by atoms with E-state index in [9.17, 15) is 0 Å². The Morgan fingerprint density at radius 2 is 1.89 bits per heavy atom. The van der Waals surface area contributed by atoms with Crippen molar-refractivity contribution in [2.45, 2.75) is 6.92 Å². The summed E-state index contributed by atoms with van der Waals surface area (Å²) in [5, 5.41) is 5.17. The summed E-state index contributed by atoms with van der Waals surface area (Å²) in [4.78, 5) is 0. The summed E-state index contributed by atoms with van der Waals surface area (Å²) < 4.78 is 0. The number of aryl methyl sites for hydroxylation is 1. The van der Waals surface area contributed by atoms with Crippen LogP contribution in [0.5, 0.6) is 0 Å². The molecule has 0 atom stereocenters. The highest BCUT2D eigenvalue weighted by Gasteiger charge is 2.00. The van der Waals surface area contributed by atoms with E-state index >= 15 is 0 Å². The van der Waals surface area contributed by atoms with Crippen LogP contribution >= 0.6 is 23.2 Å². The molecule has 92 valence electrons. The first-order valence-electron chi connectivity index (χ1n) is 5.46. The maximum absolute atomic E-state index is 6.05. The average molecular weight is 279 g/mol. The standard InChI is InChI=1S/C14H12Cl2N2/c1-10-4-2-6-12(8-10)18-17-9-11-5-3-7-13(15)14(11)16/h2-9,18H,1H3/b17-9-. The van der Waals surface area contributed by atoms with Crippen LogP contribution in [0.15, 0.2) is 47.6 Å². The molecular weight excluding hydrogens is 267 g/mol. The molecule has 2 aromatic carbocycles. The van der Waals surface area contributed by atoms with Crippen LogP contribution < -0.4 is 5.43 Å². The molecule has 2 rings (SSSR count). The second-order valence-corrected chi connectivity index (χ2v) is 4.67. The first-order valence-corrected chi connectivity index (χ1v) is 6.22. The van der Waals surface area contributed by atoms with E-state index in [2.05, 4.69) is 10.5 Å². The van der Waals surface area contributed by atoms with E-state index in [1.165, 1.54) is 5.56 Å². The number of hydrogen-bond acceptors (Lipinski definition) is 2. The van der Waals surface area contributed by atoms with Gasteiger partial charge in [0.25, 0.3) is 0 Å². The van der Waals surface area contributed by atoms with Gasteiger partial charge in [0.15, 0.2) is 0 Å². The Morgan fingerprint density at radius 3 is 2.67 bits per heavy atom. The predicted octanol–water partition coefficient (Wildman–Crippen LogP) is 4.75. The maximum atomic E-state index is 6.05. The summed E-state index contributed by atoms with van der Waals surface area (Å²) >= 11 is 12.0. The van der Waals surface area contributed by atoms with Gasteiger partial charge < -0.3 is 0 Å². The minimum Gasteiger partial charge on any atom is -0.278 e. The smallest absolute Gasteiger partial charge is 0.0680 e. The number of benzene rings is 2. The Kier molecular flexibility index (Phi) is 4.24. The van der Waals surface area contributed by atoms with Crippen molar-refractivity contribution in [3.63, 3.8) is 0 Å². The van der Waals surface area contributed by atoms with Gasteiger partial charge in [-0.2, -0.15) is 5.10 Å². The van der Waals surface area contributed by atoms with Crippen LogP contribution in [-0.2, 0) is 0 Å². The van der Waals surface area contributed by atoms with Crippen LogP contribution in [0.1, 0.15) is 11.1 Å². The van der Waals surface area contributed by atoms with E-state index in [-0.39, 0.29) is 0 Å². The minimum absolute atomic E-state index is 0.508. The minimum atomic E-state index is 0.508. The molecule has 2 aromatic rings. The van der Waals surface area contributed by atoms with Gasteiger partial charge in [-0.15, -0.1) is 0 Å². The van der Waals surface area contributed by atoms with Gasteiger partial charge in [0.2, 0.25) is 0 Å². The van der Waals surface area contributed by atoms with Crippen molar-refractivity contribution in [1.82, 2.24) is 0 Å². The van der Waals surface area contributed by atoms with Crippen LogP contribution in [0.2, 0.25) is 10.0 Å². The third kappa shape index (κ3) is 3.25. The fraction of sp³-hybridized carbons (Fsp3) is 0.0714. The number of rotatable bonds is 3. The highest BCUT2D eigenvalue weighted by Crippen LogP contribution is 2.24. The van der Waals surface area contributed by atoms with Gasteiger partial charge in [0.1, 0.15) is 0 Å². The van der Waals surface area contributed by atoms with E-state index in [0.717, 1.165) is 11.3 Å². The molecule has 0 aliphatic carbocycles. The van der Waals surface area contributed by atoms with Gasteiger partial charge in [-0.05, 0) is 30.7 Å². The molecule has 0 radical (unpaired) electrons. The Bertz CT molecular complexity index is 580. The number of halogens is 2. The van der Waals surface area contributed by atoms with Gasteiger partial charge in [-0.25, -0.2) is 0 Å². The number of hydrazone groups is 1. The van der Waals surface area contributed by atoms with Gasteiger partial charge in [-0.1, -0.05) is 47.5 Å². The molecule has 0 saturated carbocycles. The third-order valence-electron chi connectivity index (χ3n) is 2.40. The molecule has 2 nitrogen and oxygen atoms in total. The lowest BCUT2D eigenvalue weighted by Gasteiger charge is -2.02. The average Bonchev–Trinajstić information content (AvgIpc) is 2.35. The molecule has 0 aliphatic rings. The molecule has 0 aromatic heterocycles. The molecule has 0 unspecified atom stereocenters. The Morgan fingerprint density at radius 1 is 1.11 bits per heavy atom.